The van der Waals surface area contributed by atoms with Crippen molar-refractivity contribution in [2.24, 2.45) is 0 Å². The van der Waals surface area contributed by atoms with E-state index in [0.29, 0.717) is 29.0 Å². The lowest BCUT2D eigenvalue weighted by Gasteiger charge is -2.19. The molecule has 0 aliphatic carbocycles. The zero-order chi connectivity index (χ0) is 24.4. The van der Waals surface area contributed by atoms with Crippen LogP contribution in [0.1, 0.15) is 46.9 Å². The lowest BCUT2D eigenvalue weighted by Crippen LogP contribution is -2.41. The second-order valence-electron chi connectivity index (χ2n) is 9.23. The van der Waals surface area contributed by atoms with Crippen molar-refractivity contribution in [3.63, 3.8) is 0 Å². The molecule has 2 atom stereocenters. The van der Waals surface area contributed by atoms with Crippen LogP contribution in [-0.2, 0) is 20.2 Å². The summed E-state index contributed by atoms with van der Waals surface area (Å²) in [7, 11) is -3.09. The van der Waals surface area contributed by atoms with Gasteiger partial charge in [-0.3, -0.25) is 14.5 Å². The number of fused-ring (bicyclic) bond motifs is 1. The van der Waals surface area contributed by atoms with E-state index < -0.39 is 39.6 Å². The molecule has 34 heavy (non-hydrogen) atoms. The Morgan fingerprint density at radius 3 is 2.62 bits per heavy atom. The lowest BCUT2D eigenvalue weighted by molar-refractivity contribution is -0.131. The zero-order valence-electron chi connectivity index (χ0n) is 19.1. The van der Waals surface area contributed by atoms with Gasteiger partial charge in [-0.25, -0.2) is 13.2 Å². The average molecular weight is 484 g/mol. The van der Waals surface area contributed by atoms with Crippen molar-refractivity contribution in [1.29, 1.82) is 0 Å². The average Bonchev–Trinajstić information content (AvgIpc) is 3.49. The van der Waals surface area contributed by atoms with Gasteiger partial charge < -0.3 is 14.3 Å². The molecule has 2 fully saturated rings. The Hall–Kier alpha value is -3.40. The van der Waals surface area contributed by atoms with Crippen LogP contribution in [0, 0.1) is 13.8 Å². The maximum Gasteiger partial charge on any atom is 0.325 e. The minimum absolute atomic E-state index is 0.0415. The third kappa shape index (κ3) is 3.44. The Balaban J connectivity index is 1.40. The van der Waals surface area contributed by atoms with Crippen LogP contribution in [0.5, 0.6) is 0 Å². The van der Waals surface area contributed by atoms with Gasteiger partial charge in [-0.05, 0) is 45.4 Å². The minimum Gasteiger partial charge on any atom is -0.458 e. The number of carbonyl (C=O) groups excluding carboxylic acids is 3. The first-order valence-corrected chi connectivity index (χ1v) is 12.9. The molecule has 0 bridgehead atoms. The van der Waals surface area contributed by atoms with Crippen LogP contribution < -0.4 is 5.32 Å². The van der Waals surface area contributed by atoms with Crippen molar-refractivity contribution in [2.75, 3.05) is 18.1 Å². The fourth-order valence-corrected chi connectivity index (χ4v) is 6.76. The fourth-order valence-electron chi connectivity index (χ4n) is 5.06. The molecule has 3 amide bonds. The van der Waals surface area contributed by atoms with E-state index >= 15 is 0 Å². The molecule has 178 valence electrons. The number of imide groups is 1. The maximum atomic E-state index is 13.3. The summed E-state index contributed by atoms with van der Waals surface area (Å²) in [6.07, 6.45) is 0.495. The number of nitrogens with zero attached hydrogens (tertiary/aromatic N) is 2. The van der Waals surface area contributed by atoms with Crippen molar-refractivity contribution < 1.29 is 27.2 Å². The third-order valence-corrected chi connectivity index (χ3v) is 8.60. The first kappa shape index (κ1) is 22.4. The number of aryl methyl sites for hydroxylation is 1. The molecular formula is C24H25N3O6S. The van der Waals surface area contributed by atoms with Crippen LogP contribution in [0.4, 0.5) is 4.79 Å². The highest BCUT2D eigenvalue weighted by atomic mass is 32.2. The van der Waals surface area contributed by atoms with Gasteiger partial charge in [0.25, 0.3) is 5.91 Å². The van der Waals surface area contributed by atoms with Crippen LogP contribution in [0.2, 0.25) is 0 Å². The van der Waals surface area contributed by atoms with Gasteiger partial charge in [0.15, 0.2) is 21.2 Å². The number of hydrogen-bond acceptors (Lipinski definition) is 6. The molecule has 1 aromatic carbocycles. The Morgan fingerprint density at radius 1 is 1.21 bits per heavy atom. The van der Waals surface area contributed by atoms with Gasteiger partial charge in [-0.15, -0.1) is 0 Å². The van der Waals surface area contributed by atoms with Crippen molar-refractivity contribution in [3.8, 4) is 0 Å². The smallest absolute Gasteiger partial charge is 0.325 e. The van der Waals surface area contributed by atoms with Gasteiger partial charge in [0.1, 0.15) is 11.3 Å². The Bertz CT molecular complexity index is 1430. The molecule has 4 heterocycles. The van der Waals surface area contributed by atoms with Gasteiger partial charge in [0.05, 0.1) is 18.1 Å². The summed E-state index contributed by atoms with van der Waals surface area (Å²) >= 11 is 0. The Morgan fingerprint density at radius 2 is 1.94 bits per heavy atom. The highest BCUT2D eigenvalue weighted by Gasteiger charge is 2.51. The number of urea groups is 1. The number of ketones is 1. The molecule has 0 radical (unpaired) electrons. The summed E-state index contributed by atoms with van der Waals surface area (Å²) in [6, 6.07) is 9.80. The molecule has 10 heteroatoms. The minimum atomic E-state index is -3.09. The Labute approximate surface area is 196 Å². The standard InChI is InChI=1S/C24H25N3O6S/c1-14-10-18(15(2)27(14)17-8-9-34(31,32)13-17)19(28)12-26-22(29)24(3,25-23(26)30)21-11-16-6-4-5-7-20(16)33-21/h4-7,10-11,17H,8-9,12-13H2,1-3H3,(H,25,30)/t17-,24+/m1/s1. The number of amides is 3. The quantitative estimate of drug-likeness (QED) is 0.440. The molecule has 9 nitrogen and oxygen atoms in total. The summed E-state index contributed by atoms with van der Waals surface area (Å²) in [6.45, 7) is 4.71. The molecule has 3 aromatic rings. The topological polar surface area (TPSA) is 119 Å². The first-order valence-electron chi connectivity index (χ1n) is 11.1. The van der Waals surface area contributed by atoms with E-state index in [-0.39, 0.29) is 17.5 Å². The predicted octanol–water partition coefficient (Wildman–Crippen LogP) is 2.86. The monoisotopic (exact) mass is 483 g/mol. The van der Waals surface area contributed by atoms with Crippen LogP contribution in [0.3, 0.4) is 0 Å². The Kier molecular flexibility index (Phi) is 4.98. The van der Waals surface area contributed by atoms with Crippen LogP contribution in [0.25, 0.3) is 11.0 Å². The number of para-hydroxylation sites is 1. The zero-order valence-corrected chi connectivity index (χ0v) is 19.9. The van der Waals surface area contributed by atoms with Crippen molar-refractivity contribution in [3.05, 3.63) is 59.1 Å². The number of Topliss-reactive ketones (excluding diaryl/α,β-unsaturated/α-hetero) is 1. The van der Waals surface area contributed by atoms with Gasteiger partial charge in [0.2, 0.25) is 0 Å². The summed E-state index contributed by atoms with van der Waals surface area (Å²) in [5, 5.41) is 3.47. The molecule has 0 spiro atoms. The molecule has 1 N–H and O–H groups in total. The van der Waals surface area contributed by atoms with Crippen LogP contribution in [-0.4, -0.2) is 53.7 Å². The number of aromatic nitrogens is 1. The number of benzene rings is 1. The molecule has 2 aliphatic heterocycles. The van der Waals surface area contributed by atoms with Crippen LogP contribution >= 0.6 is 0 Å². The van der Waals surface area contributed by atoms with E-state index in [1.807, 2.05) is 29.7 Å². The van der Waals surface area contributed by atoms with E-state index in [1.165, 1.54) is 0 Å². The second-order valence-corrected chi connectivity index (χ2v) is 11.5. The number of furan rings is 1. The molecule has 2 aliphatic rings. The summed E-state index contributed by atoms with van der Waals surface area (Å²) in [5.74, 6) is -0.499. The largest absolute Gasteiger partial charge is 0.458 e. The second kappa shape index (κ2) is 7.56. The summed E-state index contributed by atoms with van der Waals surface area (Å²) < 4.78 is 31.6. The number of carbonyl (C=O) groups is 3. The third-order valence-electron chi connectivity index (χ3n) is 6.85. The van der Waals surface area contributed by atoms with E-state index in [4.69, 9.17) is 4.42 Å². The number of nitrogens with one attached hydrogen (secondary N) is 1. The highest BCUT2D eigenvalue weighted by Crippen LogP contribution is 2.34. The summed E-state index contributed by atoms with van der Waals surface area (Å²) in [5.41, 5.74) is 0.950. The van der Waals surface area contributed by atoms with E-state index in [1.54, 1.807) is 32.0 Å². The number of hydrogen-bond donors (Lipinski definition) is 1. The lowest BCUT2D eigenvalue weighted by atomic mass is 9.98. The van der Waals surface area contributed by atoms with Gasteiger partial charge in [-0.2, -0.15) is 0 Å². The van der Waals surface area contributed by atoms with Crippen molar-refractivity contribution in [2.45, 2.75) is 38.8 Å². The SMILES string of the molecule is Cc1cc(C(=O)CN2C(=O)N[C@@](C)(c3cc4ccccc4o3)C2=O)c(C)n1[C@@H]1CCS(=O)(=O)C1. The predicted molar refractivity (Wildman–Crippen MR) is 124 cm³/mol. The molecule has 2 aromatic heterocycles. The molecule has 0 unspecified atom stereocenters. The van der Waals surface area contributed by atoms with Crippen LogP contribution in [0.15, 0.2) is 40.8 Å². The normalized spacial score (nSPS) is 24.2. The highest BCUT2D eigenvalue weighted by molar-refractivity contribution is 7.91. The molecule has 5 rings (SSSR count). The molecule has 2 saturated heterocycles. The fraction of sp³-hybridized carbons (Fsp3) is 0.375. The number of rotatable bonds is 5. The van der Waals surface area contributed by atoms with E-state index in [2.05, 4.69) is 5.32 Å². The van der Waals surface area contributed by atoms with Gasteiger partial charge in [-0.1, -0.05) is 18.2 Å². The van der Waals surface area contributed by atoms with E-state index in [0.717, 1.165) is 16.0 Å². The van der Waals surface area contributed by atoms with Crippen molar-refractivity contribution >= 4 is 38.5 Å². The van der Waals surface area contributed by atoms with E-state index in [9.17, 15) is 22.8 Å². The first-order chi connectivity index (χ1) is 16.0. The van der Waals surface area contributed by atoms with Gasteiger partial charge >= 0.3 is 6.03 Å². The summed E-state index contributed by atoms with van der Waals surface area (Å²) in [4.78, 5) is 40.1. The van der Waals surface area contributed by atoms with Gasteiger partial charge in [0, 0.05) is 28.4 Å². The number of sulfone groups is 1. The maximum absolute atomic E-state index is 13.3. The molecular weight excluding hydrogens is 458 g/mol. The van der Waals surface area contributed by atoms with Crippen molar-refractivity contribution in [1.82, 2.24) is 14.8 Å². The molecule has 0 saturated carbocycles.